The lowest BCUT2D eigenvalue weighted by Crippen LogP contribution is -2.56. The molecule has 3 saturated carbocycles. The molecule has 2 aromatic rings. The van der Waals surface area contributed by atoms with Gasteiger partial charge in [-0.05, 0) is 101 Å². The van der Waals surface area contributed by atoms with Gasteiger partial charge in [0.2, 0.25) is 33.3 Å². The number of benzene rings is 1. The van der Waals surface area contributed by atoms with Gasteiger partial charge in [0.05, 0.1) is 30.0 Å². The van der Waals surface area contributed by atoms with E-state index >= 15 is 0 Å². The third-order valence-electron chi connectivity index (χ3n) is 11.6. The van der Waals surface area contributed by atoms with Crippen molar-refractivity contribution in [3.63, 3.8) is 0 Å². The first-order chi connectivity index (χ1) is 28.1. The van der Waals surface area contributed by atoms with Crippen LogP contribution in [0.2, 0.25) is 0 Å². The molecule has 5 aliphatic rings. The van der Waals surface area contributed by atoms with Crippen molar-refractivity contribution in [2.24, 2.45) is 29.4 Å². The molecule has 19 heteroatoms. The highest BCUT2D eigenvalue weighted by atomic mass is 32.2. The third kappa shape index (κ3) is 10.8. The molecule has 4 N–H and O–H groups in total. The van der Waals surface area contributed by atoms with Crippen LogP contribution in [0.4, 0.5) is 22.4 Å². The number of nitrogens with zero attached hydrogens (tertiary/aromatic N) is 2. The van der Waals surface area contributed by atoms with E-state index in [1.165, 1.54) is 17.0 Å². The fraction of sp³-hybridized carbons (Fsp3) is 0.634. The Morgan fingerprint density at radius 3 is 2.42 bits per heavy atom. The van der Waals surface area contributed by atoms with E-state index in [0.29, 0.717) is 47.8 Å². The number of sulfonamides is 1. The van der Waals surface area contributed by atoms with Crippen molar-refractivity contribution < 1.29 is 63.6 Å². The maximum Gasteiger partial charge on any atom is 0.427 e. The minimum absolute atomic E-state index is 0. The summed E-state index contributed by atoms with van der Waals surface area (Å²) in [6.07, 6.45) is 5.13. The standard InChI is InChI=1S/C36H45FN4O7S.C5H8F3NO2.3H2/c1-21-5-3-4-6-24-17-36(24,35(44)40-49(45,46)27-10-11-27)39-33(43)30-16-26(19-41(30)32(42)14-22(2)13-21)48-34-29-15-25(37)9-12-28(29)31(18-38-34)47-20-23-7-8-23;1-4(2,5(6,7)8)11-3(9)10;;;/h4,6,9,12,15,18,21-24,26-27,30H,3,5,7-8,10-11,13-14,16-17,19-20H2,1-2H3,(H,39,43)(H,40,44);1-2H3,(H2,9,10);3*1H/b6-4-;;;;/t21-,22-,24-,26-,30+,36-;;;;/m1..../s1. The second-order valence-electron chi connectivity index (χ2n) is 17.4. The van der Waals surface area contributed by atoms with Gasteiger partial charge in [-0.25, -0.2) is 22.6 Å². The second-order valence-corrected chi connectivity index (χ2v) is 19.4. The lowest BCUT2D eigenvalue weighted by molar-refractivity contribution is -0.243. The summed E-state index contributed by atoms with van der Waals surface area (Å²) in [7, 11) is -3.84. The highest BCUT2D eigenvalue weighted by molar-refractivity contribution is 7.91. The number of allylic oxidation sites excluding steroid dienone is 1. The summed E-state index contributed by atoms with van der Waals surface area (Å²) in [6, 6.07) is 3.37. The number of amides is 4. The average Bonchev–Trinajstić information content (AvgIpc) is 4.04. The zero-order valence-electron chi connectivity index (χ0n) is 34.1. The third-order valence-corrected chi connectivity index (χ3v) is 13.5. The zero-order chi connectivity index (χ0) is 43.8. The quantitative estimate of drug-likeness (QED) is 0.183. The topological polar surface area (TPSA) is 196 Å². The highest BCUT2D eigenvalue weighted by Crippen LogP contribution is 2.46. The second kappa shape index (κ2) is 17.4. The Bertz CT molecular complexity index is 2130. The maximum atomic E-state index is 14.5. The van der Waals surface area contributed by atoms with E-state index in [0.717, 1.165) is 46.0 Å². The average molecular weight is 874 g/mol. The molecule has 4 fully saturated rings. The van der Waals surface area contributed by atoms with E-state index in [2.05, 4.69) is 32.4 Å². The Labute approximate surface area is 350 Å². The molecule has 60 heavy (non-hydrogen) atoms. The molecule has 1 aromatic carbocycles. The van der Waals surface area contributed by atoms with Crippen molar-refractivity contribution in [1.29, 1.82) is 0 Å². The van der Waals surface area contributed by atoms with Gasteiger partial charge >= 0.3 is 12.3 Å². The number of carbonyl (C=O) groups is 4. The number of pyridine rings is 1. The molecule has 3 heterocycles. The van der Waals surface area contributed by atoms with E-state index in [1.807, 2.05) is 19.1 Å². The number of carbonyl (C=O) groups excluding carboxylic acids is 4. The molecular formula is C41H59F4N5O9S. The van der Waals surface area contributed by atoms with Gasteiger partial charge in [-0.15, -0.1) is 0 Å². The van der Waals surface area contributed by atoms with Crippen LogP contribution in [0.15, 0.2) is 36.5 Å². The van der Waals surface area contributed by atoms with Gasteiger partial charge in [-0.2, -0.15) is 13.2 Å². The van der Waals surface area contributed by atoms with Gasteiger partial charge in [-0.1, -0.05) is 26.0 Å². The van der Waals surface area contributed by atoms with Crippen molar-refractivity contribution in [2.45, 2.75) is 127 Å². The number of fused-ring (bicyclic) bond motifs is 3. The predicted molar refractivity (Wildman–Crippen MR) is 217 cm³/mol. The van der Waals surface area contributed by atoms with Crippen molar-refractivity contribution in [3.05, 3.63) is 42.4 Å². The Balaban J connectivity index is 0.000000670. The minimum Gasteiger partial charge on any atom is -0.491 e. The number of alkyl halides is 3. The molecule has 0 spiro atoms. The van der Waals surface area contributed by atoms with Crippen molar-refractivity contribution in [3.8, 4) is 11.6 Å². The van der Waals surface area contributed by atoms with Crippen LogP contribution in [0.25, 0.3) is 10.8 Å². The van der Waals surface area contributed by atoms with E-state index in [1.54, 1.807) is 12.3 Å². The number of hydrogen-bond acceptors (Lipinski definition) is 10. The Morgan fingerprint density at radius 2 is 1.78 bits per heavy atom. The molecule has 0 radical (unpaired) electrons. The van der Waals surface area contributed by atoms with E-state index < -0.39 is 68.5 Å². The van der Waals surface area contributed by atoms with E-state index in [9.17, 15) is 45.2 Å². The summed E-state index contributed by atoms with van der Waals surface area (Å²) in [5.74, 6) is -0.684. The molecule has 4 amide bonds. The van der Waals surface area contributed by atoms with Crippen LogP contribution in [-0.2, 0) is 29.1 Å². The molecule has 336 valence electrons. The number of ether oxygens (including phenoxy) is 3. The molecule has 2 aliphatic heterocycles. The largest absolute Gasteiger partial charge is 0.491 e. The smallest absolute Gasteiger partial charge is 0.427 e. The summed E-state index contributed by atoms with van der Waals surface area (Å²) in [6.45, 7) is 6.28. The van der Waals surface area contributed by atoms with Crippen LogP contribution in [0, 0.1) is 29.5 Å². The molecule has 7 rings (SSSR count). The fourth-order valence-corrected chi connectivity index (χ4v) is 9.02. The molecule has 1 saturated heterocycles. The lowest BCUT2D eigenvalue weighted by atomic mass is 9.91. The van der Waals surface area contributed by atoms with Crippen LogP contribution < -0.4 is 25.2 Å². The lowest BCUT2D eigenvalue weighted by Gasteiger charge is -2.27. The van der Waals surface area contributed by atoms with Gasteiger partial charge < -0.3 is 30.2 Å². The van der Waals surface area contributed by atoms with Gasteiger partial charge in [0.15, 0.2) is 0 Å². The van der Waals surface area contributed by atoms with Crippen LogP contribution >= 0.6 is 0 Å². The van der Waals surface area contributed by atoms with E-state index in [4.69, 9.17) is 9.47 Å². The number of halogens is 4. The van der Waals surface area contributed by atoms with Gasteiger partial charge in [0.25, 0.3) is 5.91 Å². The number of rotatable bonds is 9. The van der Waals surface area contributed by atoms with Crippen LogP contribution in [-0.4, -0.2) is 90.0 Å². The number of nitrogens with one attached hydrogen (secondary N) is 2. The number of primary amides is 1. The summed E-state index contributed by atoms with van der Waals surface area (Å²) < 4.78 is 93.9. The van der Waals surface area contributed by atoms with Crippen molar-refractivity contribution in [2.75, 3.05) is 13.2 Å². The molecule has 0 unspecified atom stereocenters. The summed E-state index contributed by atoms with van der Waals surface area (Å²) in [4.78, 5) is 57.5. The summed E-state index contributed by atoms with van der Waals surface area (Å²) >= 11 is 0. The van der Waals surface area contributed by atoms with Crippen molar-refractivity contribution >= 4 is 44.6 Å². The molecule has 3 aliphatic carbocycles. The first-order valence-electron chi connectivity index (χ1n) is 20.4. The molecule has 1 aromatic heterocycles. The molecular weight excluding hydrogens is 815 g/mol. The first kappa shape index (κ1) is 44.9. The van der Waals surface area contributed by atoms with Crippen LogP contribution in [0.5, 0.6) is 11.6 Å². The first-order valence-corrected chi connectivity index (χ1v) is 21.9. The summed E-state index contributed by atoms with van der Waals surface area (Å²) in [5, 5.41) is 3.37. The summed E-state index contributed by atoms with van der Waals surface area (Å²) in [5.41, 5.74) is 0.462. The molecule has 0 bridgehead atoms. The van der Waals surface area contributed by atoms with E-state index in [-0.39, 0.29) is 53.7 Å². The fourth-order valence-electron chi connectivity index (χ4n) is 7.65. The monoisotopic (exact) mass is 873 g/mol. The van der Waals surface area contributed by atoms with Gasteiger partial charge in [-0.3, -0.25) is 19.1 Å². The number of aromatic nitrogens is 1. The van der Waals surface area contributed by atoms with Gasteiger partial charge in [0.1, 0.15) is 29.3 Å². The number of nitrogens with two attached hydrogens (primary N) is 1. The van der Waals surface area contributed by atoms with Crippen LogP contribution in [0.3, 0.4) is 0 Å². The van der Waals surface area contributed by atoms with Crippen LogP contribution in [0.1, 0.15) is 96.2 Å². The minimum atomic E-state index is -4.60. The molecule has 6 atom stereocenters. The highest BCUT2D eigenvalue weighted by Gasteiger charge is 2.62. The normalized spacial score (nSPS) is 28.1. The number of hydrogen-bond donors (Lipinski definition) is 3. The van der Waals surface area contributed by atoms with Crippen molar-refractivity contribution in [1.82, 2.24) is 19.9 Å². The predicted octanol–water partition coefficient (Wildman–Crippen LogP) is 6.56. The Morgan fingerprint density at radius 1 is 1.07 bits per heavy atom. The zero-order valence-corrected chi connectivity index (χ0v) is 34.9. The Hall–Kier alpha value is -4.68. The van der Waals surface area contributed by atoms with Gasteiger partial charge in [0, 0.05) is 28.4 Å². The Kier molecular flexibility index (Phi) is 13.0. The maximum absolute atomic E-state index is 14.5. The SMILES string of the molecule is CC(C)(OC(N)=O)C(F)(F)F.C[C@@H]1CC/C=C\[C@@H]2C[C@@]2(C(=O)NS(=O)(=O)C2CC2)NC(=O)[C@@H]2C[C@@H](Oc3ncc(OCC4CC4)c4ccc(F)cc34)CN2C(=O)C[C@H](C)C1.[HH].[HH].[HH]. The molecule has 14 nitrogen and oxygen atoms in total.